The van der Waals surface area contributed by atoms with Crippen molar-refractivity contribution >= 4 is 29.3 Å². The Balaban J connectivity index is 2.03. The number of aryl methyl sites for hydroxylation is 3. The van der Waals surface area contributed by atoms with E-state index in [4.69, 9.17) is 11.6 Å². The van der Waals surface area contributed by atoms with Gasteiger partial charge in [0, 0.05) is 9.92 Å². The van der Waals surface area contributed by atoms with Crippen LogP contribution >= 0.6 is 23.4 Å². The van der Waals surface area contributed by atoms with Crippen molar-refractivity contribution in [1.82, 2.24) is 5.32 Å². The molecular formula is C20H24ClNOS. The van der Waals surface area contributed by atoms with Gasteiger partial charge in [-0.3, -0.25) is 4.79 Å². The summed E-state index contributed by atoms with van der Waals surface area (Å²) in [6.45, 7) is 10.3. The number of carbonyl (C=O) groups is 1. The van der Waals surface area contributed by atoms with Crippen LogP contribution in [-0.2, 0) is 4.79 Å². The van der Waals surface area contributed by atoms with E-state index in [0.29, 0.717) is 5.02 Å². The fourth-order valence-electron chi connectivity index (χ4n) is 2.63. The molecule has 0 saturated carbocycles. The maximum atomic E-state index is 12.5. The van der Waals surface area contributed by atoms with Crippen LogP contribution in [0.3, 0.4) is 0 Å². The molecule has 2 aromatic carbocycles. The fraction of sp³-hybridized carbons (Fsp3) is 0.350. The summed E-state index contributed by atoms with van der Waals surface area (Å²) in [5.74, 6) is 0.0417. The summed E-state index contributed by atoms with van der Waals surface area (Å²) in [4.78, 5) is 13.5. The number of hydrogen-bond donors (Lipinski definition) is 1. The van der Waals surface area contributed by atoms with Crippen LogP contribution in [0.4, 0.5) is 0 Å². The zero-order valence-electron chi connectivity index (χ0n) is 14.8. The minimum atomic E-state index is -0.166. The van der Waals surface area contributed by atoms with Crippen LogP contribution < -0.4 is 5.32 Å². The van der Waals surface area contributed by atoms with Crippen molar-refractivity contribution in [3.8, 4) is 0 Å². The molecule has 1 amide bonds. The van der Waals surface area contributed by atoms with E-state index in [2.05, 4.69) is 38.2 Å². The lowest BCUT2D eigenvalue weighted by atomic mass is 9.96. The highest BCUT2D eigenvalue weighted by molar-refractivity contribution is 8.00. The minimum absolute atomic E-state index is 0.00920. The van der Waals surface area contributed by atoms with E-state index < -0.39 is 0 Å². The number of hydrogen-bond acceptors (Lipinski definition) is 2. The van der Waals surface area contributed by atoms with Crippen LogP contribution in [0.2, 0.25) is 5.02 Å². The number of thioether (sulfide) groups is 1. The quantitative estimate of drug-likeness (QED) is 0.700. The van der Waals surface area contributed by atoms with Crippen molar-refractivity contribution in [2.75, 3.05) is 0 Å². The average Bonchev–Trinajstić information content (AvgIpc) is 2.52. The van der Waals surface area contributed by atoms with E-state index >= 15 is 0 Å². The lowest BCUT2D eigenvalue weighted by molar-refractivity contribution is -0.120. The monoisotopic (exact) mass is 361 g/mol. The number of carbonyl (C=O) groups excluding carboxylic acids is 1. The highest BCUT2D eigenvalue weighted by Crippen LogP contribution is 2.26. The van der Waals surface area contributed by atoms with Gasteiger partial charge in [0.15, 0.2) is 0 Å². The summed E-state index contributed by atoms with van der Waals surface area (Å²) in [5.41, 5.74) is 4.92. The molecule has 1 N–H and O–H groups in total. The first-order valence-electron chi connectivity index (χ1n) is 8.08. The van der Waals surface area contributed by atoms with E-state index in [1.54, 1.807) is 0 Å². The number of amides is 1. The van der Waals surface area contributed by atoms with Gasteiger partial charge >= 0.3 is 0 Å². The maximum Gasteiger partial charge on any atom is 0.233 e. The van der Waals surface area contributed by atoms with E-state index in [1.165, 1.54) is 34.0 Å². The van der Waals surface area contributed by atoms with Gasteiger partial charge in [0.2, 0.25) is 5.91 Å². The van der Waals surface area contributed by atoms with Gasteiger partial charge in [0.05, 0.1) is 11.3 Å². The first-order valence-corrected chi connectivity index (χ1v) is 9.34. The van der Waals surface area contributed by atoms with Crippen molar-refractivity contribution in [2.24, 2.45) is 0 Å². The summed E-state index contributed by atoms with van der Waals surface area (Å²) in [6, 6.07) is 11.9. The average molecular weight is 362 g/mol. The van der Waals surface area contributed by atoms with Gasteiger partial charge in [-0.2, -0.15) is 0 Å². The van der Waals surface area contributed by atoms with Gasteiger partial charge in [-0.25, -0.2) is 0 Å². The number of benzene rings is 2. The second kappa shape index (κ2) is 8.09. The molecule has 0 aliphatic rings. The standard InChI is InChI=1S/C20H24ClNOS/c1-12-10-14(3)19(11-13(12)2)15(4)22-20(23)16(5)24-18-8-6-17(21)7-9-18/h6-11,15-16H,1-5H3,(H,22,23). The normalized spacial score (nSPS) is 13.4. The summed E-state index contributed by atoms with van der Waals surface area (Å²) in [6.07, 6.45) is 0. The Morgan fingerprint density at radius 1 is 1.00 bits per heavy atom. The molecule has 24 heavy (non-hydrogen) atoms. The van der Waals surface area contributed by atoms with Gasteiger partial charge in [-0.05, 0) is 81.1 Å². The molecule has 2 unspecified atom stereocenters. The molecule has 0 aromatic heterocycles. The second-order valence-electron chi connectivity index (χ2n) is 6.24. The first-order chi connectivity index (χ1) is 11.3. The number of nitrogens with one attached hydrogen (secondary N) is 1. The smallest absolute Gasteiger partial charge is 0.233 e. The van der Waals surface area contributed by atoms with E-state index in [1.807, 2.05) is 38.1 Å². The minimum Gasteiger partial charge on any atom is -0.349 e. The maximum absolute atomic E-state index is 12.5. The van der Waals surface area contributed by atoms with Crippen molar-refractivity contribution in [3.05, 3.63) is 63.7 Å². The summed E-state index contributed by atoms with van der Waals surface area (Å²) in [7, 11) is 0. The second-order valence-corrected chi connectivity index (χ2v) is 8.09. The lowest BCUT2D eigenvalue weighted by Gasteiger charge is -2.20. The predicted molar refractivity (Wildman–Crippen MR) is 104 cm³/mol. The molecule has 0 saturated heterocycles. The molecule has 2 rings (SSSR count). The fourth-order valence-corrected chi connectivity index (χ4v) is 3.63. The zero-order chi connectivity index (χ0) is 17.9. The van der Waals surface area contributed by atoms with Crippen LogP contribution in [0.5, 0.6) is 0 Å². The van der Waals surface area contributed by atoms with Crippen LogP contribution in [0.1, 0.15) is 42.1 Å². The van der Waals surface area contributed by atoms with Crippen LogP contribution in [0, 0.1) is 20.8 Å². The van der Waals surface area contributed by atoms with Gasteiger partial charge in [0.1, 0.15) is 0 Å². The number of rotatable bonds is 5. The molecule has 0 radical (unpaired) electrons. The molecule has 2 nitrogen and oxygen atoms in total. The molecule has 0 heterocycles. The highest BCUT2D eigenvalue weighted by atomic mass is 35.5. The molecule has 0 bridgehead atoms. The lowest BCUT2D eigenvalue weighted by Crippen LogP contribution is -2.33. The molecule has 128 valence electrons. The molecule has 0 spiro atoms. The summed E-state index contributed by atoms with van der Waals surface area (Å²) >= 11 is 7.43. The predicted octanol–water partition coefficient (Wildman–Crippen LogP) is 5.62. The Labute approximate surface area is 154 Å². The van der Waals surface area contributed by atoms with Gasteiger partial charge in [0.25, 0.3) is 0 Å². The highest BCUT2D eigenvalue weighted by Gasteiger charge is 2.18. The van der Waals surface area contributed by atoms with E-state index in [-0.39, 0.29) is 17.2 Å². The van der Waals surface area contributed by atoms with E-state index in [9.17, 15) is 4.79 Å². The Kier molecular flexibility index (Phi) is 6.36. The third-order valence-corrected chi connectivity index (χ3v) is 5.57. The van der Waals surface area contributed by atoms with Crippen molar-refractivity contribution < 1.29 is 4.79 Å². The van der Waals surface area contributed by atoms with Crippen molar-refractivity contribution in [3.63, 3.8) is 0 Å². The summed E-state index contributed by atoms with van der Waals surface area (Å²) < 4.78 is 0. The van der Waals surface area contributed by atoms with Crippen LogP contribution in [0.15, 0.2) is 41.3 Å². The Bertz CT molecular complexity index is 727. The topological polar surface area (TPSA) is 29.1 Å². The zero-order valence-corrected chi connectivity index (χ0v) is 16.4. The van der Waals surface area contributed by atoms with Crippen LogP contribution in [0.25, 0.3) is 0 Å². The van der Waals surface area contributed by atoms with Gasteiger partial charge < -0.3 is 5.32 Å². The molecular weight excluding hydrogens is 338 g/mol. The molecule has 0 fully saturated rings. The number of halogens is 1. The molecule has 2 aromatic rings. The largest absolute Gasteiger partial charge is 0.349 e. The first kappa shape index (κ1) is 18.9. The Morgan fingerprint density at radius 3 is 2.21 bits per heavy atom. The third kappa shape index (κ3) is 4.78. The molecule has 4 heteroatoms. The van der Waals surface area contributed by atoms with Crippen molar-refractivity contribution in [2.45, 2.75) is 50.8 Å². The Morgan fingerprint density at radius 2 is 1.58 bits per heavy atom. The SMILES string of the molecule is Cc1cc(C)c(C(C)NC(=O)C(C)Sc2ccc(Cl)cc2)cc1C. The van der Waals surface area contributed by atoms with Gasteiger partial charge in [-0.1, -0.05) is 23.7 Å². The van der Waals surface area contributed by atoms with Crippen LogP contribution in [-0.4, -0.2) is 11.2 Å². The van der Waals surface area contributed by atoms with Crippen molar-refractivity contribution in [1.29, 1.82) is 0 Å². The molecule has 0 aliphatic heterocycles. The van der Waals surface area contributed by atoms with Gasteiger partial charge in [-0.15, -0.1) is 11.8 Å². The molecule has 0 aliphatic carbocycles. The van der Waals surface area contributed by atoms with E-state index in [0.717, 1.165) is 4.90 Å². The molecule has 2 atom stereocenters. The summed E-state index contributed by atoms with van der Waals surface area (Å²) in [5, 5.41) is 3.67. The Hall–Kier alpha value is -1.45. The third-order valence-electron chi connectivity index (χ3n) is 4.20.